The Kier molecular flexibility index (Phi) is 5.93. The van der Waals surface area contributed by atoms with Gasteiger partial charge in [-0.3, -0.25) is 14.6 Å². The minimum atomic E-state index is 0.500. The number of benzene rings is 1. The summed E-state index contributed by atoms with van der Waals surface area (Å²) in [5.41, 5.74) is 3.49. The van der Waals surface area contributed by atoms with Crippen LogP contribution in [0.4, 0.5) is 0 Å². The fourth-order valence-corrected chi connectivity index (χ4v) is 4.12. The molecule has 3 heterocycles. The molecule has 1 aliphatic rings. The maximum atomic E-state index is 6.29. The van der Waals surface area contributed by atoms with Gasteiger partial charge in [0.05, 0.1) is 0 Å². The Hall–Kier alpha value is -2.37. The lowest BCUT2D eigenvalue weighted by molar-refractivity contribution is 0.192. The van der Waals surface area contributed by atoms with Crippen LogP contribution in [-0.2, 0) is 20.2 Å². The van der Waals surface area contributed by atoms with Gasteiger partial charge in [-0.2, -0.15) is 5.10 Å². The van der Waals surface area contributed by atoms with Crippen LogP contribution in [-0.4, -0.2) is 32.8 Å². The summed E-state index contributed by atoms with van der Waals surface area (Å²) in [6.45, 7) is 3.44. The van der Waals surface area contributed by atoms with Gasteiger partial charge in [0.15, 0.2) is 0 Å². The van der Waals surface area contributed by atoms with Crippen LogP contribution in [0.25, 0.3) is 0 Å². The summed E-state index contributed by atoms with van der Waals surface area (Å²) in [4.78, 5) is 6.64. The molecule has 2 aromatic heterocycles. The summed E-state index contributed by atoms with van der Waals surface area (Å²) in [5.74, 6) is 1.40. The van der Waals surface area contributed by atoms with Gasteiger partial charge in [-0.25, -0.2) is 0 Å². The summed E-state index contributed by atoms with van der Waals surface area (Å²) < 4.78 is 8.09. The van der Waals surface area contributed by atoms with E-state index in [-0.39, 0.29) is 0 Å². The first kappa shape index (κ1) is 19.0. The first-order valence-electron chi connectivity index (χ1n) is 9.69. The van der Waals surface area contributed by atoms with Gasteiger partial charge < -0.3 is 4.74 Å². The van der Waals surface area contributed by atoms with Crippen molar-refractivity contribution in [1.82, 2.24) is 19.7 Å². The zero-order valence-electron chi connectivity index (χ0n) is 16.1. The standard InChI is InChI=1S/C22H25ClN4O/c1-26-21(8-10-25-26)18-5-3-11-27(14-18)15-19-12-20(23)6-7-22(19)28-16-17-4-2-9-24-13-17/h2,4,6-10,12-13,18H,3,5,11,14-16H2,1H3/t18-/m1/s1. The number of likely N-dealkylation sites (tertiary alicyclic amines) is 1. The average molecular weight is 397 g/mol. The van der Waals surface area contributed by atoms with E-state index in [0.29, 0.717) is 12.5 Å². The van der Waals surface area contributed by atoms with Crippen molar-refractivity contribution in [1.29, 1.82) is 0 Å². The number of pyridine rings is 1. The number of hydrogen-bond acceptors (Lipinski definition) is 4. The van der Waals surface area contributed by atoms with Crippen LogP contribution in [0.15, 0.2) is 55.0 Å². The summed E-state index contributed by atoms with van der Waals surface area (Å²) in [6.07, 6.45) is 7.87. The number of ether oxygens (including phenoxy) is 1. The highest BCUT2D eigenvalue weighted by atomic mass is 35.5. The minimum absolute atomic E-state index is 0.500. The molecule has 1 saturated heterocycles. The molecule has 1 atom stereocenters. The molecule has 1 aliphatic heterocycles. The monoisotopic (exact) mass is 396 g/mol. The third-order valence-corrected chi connectivity index (χ3v) is 5.55. The van der Waals surface area contributed by atoms with Gasteiger partial charge in [0.25, 0.3) is 0 Å². The summed E-state index contributed by atoms with van der Waals surface area (Å²) >= 11 is 6.29. The van der Waals surface area contributed by atoms with Crippen molar-refractivity contribution >= 4 is 11.6 Å². The Bertz CT molecular complexity index is 912. The molecule has 0 bridgehead atoms. The smallest absolute Gasteiger partial charge is 0.124 e. The Balaban J connectivity index is 1.46. The predicted octanol–water partition coefficient (Wildman–Crippen LogP) is 4.43. The van der Waals surface area contributed by atoms with Gasteiger partial charge in [0, 0.05) is 66.5 Å². The Morgan fingerprint density at radius 1 is 1.21 bits per heavy atom. The number of aryl methyl sites for hydroxylation is 1. The summed E-state index contributed by atoms with van der Waals surface area (Å²) in [6, 6.07) is 12.0. The van der Waals surface area contributed by atoms with Crippen molar-refractivity contribution in [2.45, 2.75) is 31.9 Å². The van der Waals surface area contributed by atoms with Gasteiger partial charge in [0.2, 0.25) is 0 Å². The highest BCUT2D eigenvalue weighted by molar-refractivity contribution is 6.30. The second kappa shape index (κ2) is 8.76. The third-order valence-electron chi connectivity index (χ3n) is 5.32. The van der Waals surface area contributed by atoms with Gasteiger partial charge in [0.1, 0.15) is 12.4 Å². The lowest BCUT2D eigenvalue weighted by Gasteiger charge is -2.33. The largest absolute Gasteiger partial charge is 0.489 e. The summed E-state index contributed by atoms with van der Waals surface area (Å²) in [7, 11) is 2.02. The molecule has 0 radical (unpaired) electrons. The Morgan fingerprint density at radius 2 is 2.14 bits per heavy atom. The zero-order valence-corrected chi connectivity index (χ0v) is 16.8. The van der Waals surface area contributed by atoms with Crippen molar-refractivity contribution in [2.75, 3.05) is 13.1 Å². The van der Waals surface area contributed by atoms with Crippen LogP contribution in [0.5, 0.6) is 5.75 Å². The number of halogens is 1. The van der Waals surface area contributed by atoms with E-state index >= 15 is 0 Å². The topological polar surface area (TPSA) is 43.2 Å². The normalized spacial score (nSPS) is 17.6. The first-order chi connectivity index (χ1) is 13.7. The maximum absolute atomic E-state index is 6.29. The van der Waals surface area contributed by atoms with Crippen LogP contribution in [0, 0.1) is 0 Å². The highest BCUT2D eigenvalue weighted by Gasteiger charge is 2.24. The molecule has 0 saturated carbocycles. The number of aromatic nitrogens is 3. The molecule has 4 rings (SSSR count). The Labute approximate surface area is 170 Å². The number of rotatable bonds is 6. The van der Waals surface area contributed by atoms with E-state index in [1.54, 1.807) is 6.20 Å². The van der Waals surface area contributed by atoms with Crippen molar-refractivity contribution in [2.24, 2.45) is 7.05 Å². The van der Waals surface area contributed by atoms with E-state index in [4.69, 9.17) is 16.3 Å². The number of hydrogen-bond donors (Lipinski definition) is 0. The molecule has 0 amide bonds. The highest BCUT2D eigenvalue weighted by Crippen LogP contribution is 2.30. The van der Waals surface area contributed by atoms with Crippen molar-refractivity contribution in [3.8, 4) is 5.75 Å². The molecule has 1 fully saturated rings. The summed E-state index contributed by atoms with van der Waals surface area (Å²) in [5, 5.41) is 5.08. The number of nitrogens with zero attached hydrogens (tertiary/aromatic N) is 4. The van der Waals surface area contributed by atoms with Gasteiger partial charge in [-0.1, -0.05) is 17.7 Å². The molecule has 6 heteroatoms. The zero-order chi connectivity index (χ0) is 19.3. The molecule has 0 N–H and O–H groups in total. The van der Waals surface area contributed by atoms with Crippen molar-refractivity contribution in [3.63, 3.8) is 0 Å². The molecular formula is C22H25ClN4O. The lowest BCUT2D eigenvalue weighted by Crippen LogP contribution is -2.34. The van der Waals surface area contributed by atoms with E-state index in [2.05, 4.69) is 21.0 Å². The van der Waals surface area contributed by atoms with E-state index in [0.717, 1.165) is 41.5 Å². The second-order valence-corrected chi connectivity index (χ2v) is 7.79. The van der Waals surface area contributed by atoms with Gasteiger partial charge in [-0.05, 0) is 49.7 Å². The van der Waals surface area contributed by atoms with Crippen LogP contribution in [0.1, 0.15) is 35.6 Å². The van der Waals surface area contributed by atoms with Crippen LogP contribution in [0.3, 0.4) is 0 Å². The van der Waals surface area contributed by atoms with E-state index in [9.17, 15) is 0 Å². The Morgan fingerprint density at radius 3 is 2.93 bits per heavy atom. The first-order valence-corrected chi connectivity index (χ1v) is 10.1. The molecule has 0 unspecified atom stereocenters. The minimum Gasteiger partial charge on any atom is -0.489 e. The second-order valence-electron chi connectivity index (χ2n) is 7.36. The van der Waals surface area contributed by atoms with Crippen molar-refractivity contribution in [3.05, 3.63) is 76.8 Å². The molecule has 146 valence electrons. The van der Waals surface area contributed by atoms with Gasteiger partial charge >= 0.3 is 0 Å². The third kappa shape index (κ3) is 4.54. The van der Waals surface area contributed by atoms with E-state index in [1.165, 1.54) is 18.5 Å². The van der Waals surface area contributed by atoms with Crippen LogP contribution in [0.2, 0.25) is 5.02 Å². The van der Waals surface area contributed by atoms with E-state index < -0.39 is 0 Å². The predicted molar refractivity (Wildman–Crippen MR) is 110 cm³/mol. The van der Waals surface area contributed by atoms with Crippen LogP contribution >= 0.6 is 11.6 Å². The lowest BCUT2D eigenvalue weighted by atomic mass is 9.94. The molecule has 3 aromatic rings. The molecule has 0 spiro atoms. The van der Waals surface area contributed by atoms with Crippen molar-refractivity contribution < 1.29 is 4.74 Å². The van der Waals surface area contributed by atoms with Gasteiger partial charge in [-0.15, -0.1) is 0 Å². The molecule has 0 aliphatic carbocycles. The molecule has 1 aromatic carbocycles. The molecule has 28 heavy (non-hydrogen) atoms. The fraction of sp³-hybridized carbons (Fsp3) is 0.364. The quantitative estimate of drug-likeness (QED) is 0.618. The van der Waals surface area contributed by atoms with Crippen LogP contribution < -0.4 is 4.74 Å². The number of piperidine rings is 1. The van der Waals surface area contributed by atoms with E-state index in [1.807, 2.05) is 54.5 Å². The maximum Gasteiger partial charge on any atom is 0.124 e. The SMILES string of the molecule is Cn1nccc1[C@@H]1CCCN(Cc2cc(Cl)ccc2OCc2cccnc2)C1. The fourth-order valence-electron chi connectivity index (χ4n) is 3.92. The molecule has 5 nitrogen and oxygen atoms in total. The molecular weight excluding hydrogens is 372 g/mol. The average Bonchev–Trinajstić information content (AvgIpc) is 3.14.